The number of amides is 1. The van der Waals surface area contributed by atoms with E-state index in [9.17, 15) is 4.79 Å². The second kappa shape index (κ2) is 9.38. The maximum absolute atomic E-state index is 11.7. The van der Waals surface area contributed by atoms with Gasteiger partial charge < -0.3 is 10.2 Å². The normalized spacial score (nSPS) is 17.0. The molecule has 116 valence electrons. The SMILES string of the molecule is O=C(/C=C/c1ccc(Br)s1)NCCCN1CCCCCC1. The fourth-order valence-electron chi connectivity index (χ4n) is 2.51. The molecule has 0 radical (unpaired) electrons. The van der Waals surface area contributed by atoms with E-state index >= 15 is 0 Å². The lowest BCUT2D eigenvalue weighted by molar-refractivity contribution is -0.116. The standard InChI is InChI=1S/C16H23BrN2OS/c17-15-8-6-14(21-15)7-9-16(20)18-10-5-13-19-11-3-1-2-4-12-19/h6-9H,1-5,10-13H2,(H,18,20)/b9-7+. The van der Waals surface area contributed by atoms with E-state index in [2.05, 4.69) is 26.1 Å². The number of hydrogen-bond donors (Lipinski definition) is 1. The van der Waals surface area contributed by atoms with E-state index in [4.69, 9.17) is 0 Å². The van der Waals surface area contributed by atoms with Gasteiger partial charge in [-0.05, 0) is 73.0 Å². The summed E-state index contributed by atoms with van der Waals surface area (Å²) in [6, 6.07) is 3.99. The Bertz CT molecular complexity index is 465. The zero-order chi connectivity index (χ0) is 14.9. The van der Waals surface area contributed by atoms with Crippen molar-refractivity contribution in [3.63, 3.8) is 0 Å². The van der Waals surface area contributed by atoms with Gasteiger partial charge in [0.1, 0.15) is 0 Å². The number of carbonyl (C=O) groups is 1. The monoisotopic (exact) mass is 370 g/mol. The van der Waals surface area contributed by atoms with Crippen LogP contribution in [0.1, 0.15) is 37.0 Å². The summed E-state index contributed by atoms with van der Waals surface area (Å²) in [7, 11) is 0. The van der Waals surface area contributed by atoms with Crippen molar-refractivity contribution in [1.29, 1.82) is 0 Å². The van der Waals surface area contributed by atoms with Gasteiger partial charge >= 0.3 is 0 Å². The molecule has 2 heterocycles. The third-order valence-electron chi connectivity index (χ3n) is 3.64. The number of thiophene rings is 1. The largest absolute Gasteiger partial charge is 0.353 e. The van der Waals surface area contributed by atoms with Gasteiger partial charge in [0.15, 0.2) is 0 Å². The summed E-state index contributed by atoms with van der Waals surface area (Å²) < 4.78 is 1.08. The number of rotatable bonds is 6. The van der Waals surface area contributed by atoms with Crippen molar-refractivity contribution in [2.75, 3.05) is 26.2 Å². The molecular formula is C16H23BrN2OS. The van der Waals surface area contributed by atoms with Gasteiger partial charge in [0.25, 0.3) is 0 Å². The lowest BCUT2D eigenvalue weighted by Gasteiger charge is -2.19. The van der Waals surface area contributed by atoms with Crippen molar-refractivity contribution in [2.45, 2.75) is 32.1 Å². The van der Waals surface area contributed by atoms with Crippen molar-refractivity contribution in [3.8, 4) is 0 Å². The molecule has 1 saturated heterocycles. The fraction of sp³-hybridized carbons (Fsp3) is 0.562. The maximum atomic E-state index is 11.7. The Hall–Kier alpha value is -0.650. The second-order valence-corrected chi connectivity index (χ2v) is 7.87. The van der Waals surface area contributed by atoms with E-state index in [1.54, 1.807) is 17.4 Å². The molecule has 1 aliphatic heterocycles. The van der Waals surface area contributed by atoms with Crippen molar-refractivity contribution in [1.82, 2.24) is 10.2 Å². The summed E-state index contributed by atoms with van der Waals surface area (Å²) in [5.41, 5.74) is 0. The molecule has 0 atom stereocenters. The molecule has 0 bridgehead atoms. The first-order valence-corrected chi connectivity index (χ1v) is 9.28. The smallest absolute Gasteiger partial charge is 0.244 e. The van der Waals surface area contributed by atoms with Crippen LogP contribution in [0.25, 0.3) is 6.08 Å². The molecule has 1 aromatic rings. The van der Waals surface area contributed by atoms with Crippen LogP contribution in [0.2, 0.25) is 0 Å². The van der Waals surface area contributed by atoms with Crippen LogP contribution in [0.15, 0.2) is 22.0 Å². The van der Waals surface area contributed by atoms with Gasteiger partial charge in [0.05, 0.1) is 3.79 Å². The lowest BCUT2D eigenvalue weighted by Crippen LogP contribution is -2.29. The van der Waals surface area contributed by atoms with Crippen LogP contribution in [-0.4, -0.2) is 37.0 Å². The Morgan fingerprint density at radius 1 is 1.29 bits per heavy atom. The highest BCUT2D eigenvalue weighted by atomic mass is 79.9. The highest BCUT2D eigenvalue weighted by Crippen LogP contribution is 2.22. The molecule has 0 unspecified atom stereocenters. The predicted molar refractivity (Wildman–Crippen MR) is 93.6 cm³/mol. The third-order valence-corrected chi connectivity index (χ3v) is 5.23. The molecule has 1 aliphatic rings. The zero-order valence-electron chi connectivity index (χ0n) is 12.3. The van der Waals surface area contributed by atoms with Crippen LogP contribution in [0, 0.1) is 0 Å². The predicted octanol–water partition coefficient (Wildman–Crippen LogP) is 3.91. The van der Waals surface area contributed by atoms with Crippen LogP contribution in [0.5, 0.6) is 0 Å². The van der Waals surface area contributed by atoms with Crippen molar-refractivity contribution in [2.24, 2.45) is 0 Å². The van der Waals surface area contributed by atoms with E-state index in [0.29, 0.717) is 0 Å². The minimum absolute atomic E-state index is 0.00427. The molecule has 1 fully saturated rings. The Morgan fingerprint density at radius 3 is 2.71 bits per heavy atom. The summed E-state index contributed by atoms with van der Waals surface area (Å²) in [4.78, 5) is 15.3. The zero-order valence-corrected chi connectivity index (χ0v) is 14.7. The fourth-order valence-corrected chi connectivity index (χ4v) is 3.83. The van der Waals surface area contributed by atoms with Crippen LogP contribution < -0.4 is 5.32 Å². The number of nitrogens with one attached hydrogen (secondary N) is 1. The topological polar surface area (TPSA) is 32.3 Å². The summed E-state index contributed by atoms with van der Waals surface area (Å²) in [5.74, 6) is -0.00427. The van der Waals surface area contributed by atoms with Gasteiger partial charge in [-0.25, -0.2) is 0 Å². The maximum Gasteiger partial charge on any atom is 0.244 e. The van der Waals surface area contributed by atoms with Gasteiger partial charge in [-0.3, -0.25) is 4.79 Å². The summed E-state index contributed by atoms with van der Waals surface area (Å²) >= 11 is 5.04. The van der Waals surface area contributed by atoms with Crippen molar-refractivity contribution < 1.29 is 4.79 Å². The van der Waals surface area contributed by atoms with E-state index in [1.165, 1.54) is 38.8 Å². The van der Waals surface area contributed by atoms with Gasteiger partial charge in [-0.1, -0.05) is 12.8 Å². The van der Waals surface area contributed by atoms with Gasteiger partial charge in [-0.2, -0.15) is 0 Å². The quantitative estimate of drug-likeness (QED) is 0.608. The number of halogens is 1. The molecule has 3 nitrogen and oxygen atoms in total. The molecule has 1 N–H and O–H groups in total. The summed E-state index contributed by atoms with van der Waals surface area (Å²) in [5, 5.41) is 2.96. The Kier molecular flexibility index (Phi) is 7.47. The molecule has 5 heteroatoms. The molecule has 21 heavy (non-hydrogen) atoms. The van der Waals surface area contributed by atoms with Crippen LogP contribution in [0.3, 0.4) is 0 Å². The molecule has 0 aliphatic carbocycles. The average Bonchev–Trinajstić information content (AvgIpc) is 2.73. The number of carbonyl (C=O) groups excluding carboxylic acids is 1. The highest BCUT2D eigenvalue weighted by Gasteiger charge is 2.08. The van der Waals surface area contributed by atoms with Crippen LogP contribution >= 0.6 is 27.3 Å². The first-order chi connectivity index (χ1) is 10.2. The molecule has 0 saturated carbocycles. The van der Waals surface area contributed by atoms with Gasteiger partial charge in [-0.15, -0.1) is 11.3 Å². The first-order valence-electron chi connectivity index (χ1n) is 7.67. The van der Waals surface area contributed by atoms with E-state index < -0.39 is 0 Å². The van der Waals surface area contributed by atoms with Gasteiger partial charge in [0.2, 0.25) is 5.91 Å². The first kappa shape index (κ1) is 16.7. The number of nitrogens with zero attached hydrogens (tertiary/aromatic N) is 1. The highest BCUT2D eigenvalue weighted by molar-refractivity contribution is 9.11. The Balaban J connectivity index is 1.59. The molecule has 0 spiro atoms. The second-order valence-electron chi connectivity index (χ2n) is 5.38. The van der Waals surface area contributed by atoms with Crippen LogP contribution in [0.4, 0.5) is 0 Å². The van der Waals surface area contributed by atoms with E-state index in [-0.39, 0.29) is 5.91 Å². The third kappa shape index (κ3) is 6.76. The van der Waals surface area contributed by atoms with Gasteiger partial charge in [0, 0.05) is 17.5 Å². The molecule has 2 rings (SSSR count). The Morgan fingerprint density at radius 2 is 2.05 bits per heavy atom. The summed E-state index contributed by atoms with van der Waals surface area (Å²) in [6.45, 7) is 4.30. The van der Waals surface area contributed by atoms with E-state index in [1.807, 2.05) is 18.2 Å². The van der Waals surface area contributed by atoms with Crippen molar-refractivity contribution >= 4 is 39.2 Å². The summed E-state index contributed by atoms with van der Waals surface area (Å²) in [6.07, 6.45) is 9.90. The average molecular weight is 371 g/mol. The molecule has 0 aromatic carbocycles. The molecular weight excluding hydrogens is 348 g/mol. The minimum atomic E-state index is -0.00427. The molecule has 1 amide bonds. The van der Waals surface area contributed by atoms with E-state index in [0.717, 1.165) is 28.2 Å². The van der Waals surface area contributed by atoms with Crippen LogP contribution in [-0.2, 0) is 4.79 Å². The number of hydrogen-bond acceptors (Lipinski definition) is 3. The number of likely N-dealkylation sites (tertiary alicyclic amines) is 1. The minimum Gasteiger partial charge on any atom is -0.353 e. The van der Waals surface area contributed by atoms with Crippen molar-refractivity contribution in [3.05, 3.63) is 26.9 Å². The lowest BCUT2D eigenvalue weighted by atomic mass is 10.2. The Labute approximate surface area is 139 Å². The molecule has 1 aromatic heterocycles.